The van der Waals surface area contributed by atoms with E-state index < -0.39 is 5.95 Å². The van der Waals surface area contributed by atoms with Crippen molar-refractivity contribution in [3.05, 3.63) is 24.1 Å². The summed E-state index contributed by atoms with van der Waals surface area (Å²) in [6.07, 6.45) is 4.96. The number of aromatic nitrogens is 1. The number of rotatable bonds is 7. The molecule has 0 atom stereocenters. The number of nitrogens with one attached hydrogen (secondary N) is 1. The van der Waals surface area contributed by atoms with Crippen LogP contribution in [0.1, 0.15) is 46.5 Å². The summed E-state index contributed by atoms with van der Waals surface area (Å²) in [4.78, 5) is 3.79. The number of nitrogens with zero attached hydrogens (tertiary/aromatic N) is 1. The van der Waals surface area contributed by atoms with Crippen molar-refractivity contribution in [3.63, 3.8) is 0 Å². The van der Waals surface area contributed by atoms with Gasteiger partial charge < -0.3 is 5.32 Å². The van der Waals surface area contributed by atoms with E-state index in [0.29, 0.717) is 5.82 Å². The smallest absolute Gasteiger partial charge is 0.214 e. The molecule has 2 nitrogen and oxygen atoms in total. The predicted octanol–water partition coefficient (Wildman–Crippen LogP) is 4.24. The monoisotopic (exact) mass is 238 g/mol. The van der Waals surface area contributed by atoms with Crippen LogP contribution in [-0.2, 0) is 0 Å². The molecule has 0 saturated heterocycles. The normalized spacial score (nSPS) is 11.5. The lowest BCUT2D eigenvalue weighted by Crippen LogP contribution is -2.23. The molecular weight excluding hydrogens is 215 g/mol. The molecule has 0 amide bonds. The van der Waals surface area contributed by atoms with Gasteiger partial charge in [0, 0.05) is 6.54 Å². The average molecular weight is 238 g/mol. The zero-order valence-corrected chi connectivity index (χ0v) is 11.1. The van der Waals surface area contributed by atoms with E-state index in [4.69, 9.17) is 0 Å². The standard InChI is InChI=1S/C14H23FN2/c1-4-5-6-10-14(2,3)11-16-13-9-7-8-12(15)17-13/h7-9H,4-6,10-11H2,1-3H3,(H,16,17). The van der Waals surface area contributed by atoms with Gasteiger partial charge in [-0.2, -0.15) is 4.39 Å². The first-order chi connectivity index (χ1) is 8.03. The lowest BCUT2D eigenvalue weighted by Gasteiger charge is -2.25. The summed E-state index contributed by atoms with van der Waals surface area (Å²) < 4.78 is 12.9. The van der Waals surface area contributed by atoms with Gasteiger partial charge in [0.05, 0.1) is 0 Å². The minimum absolute atomic E-state index is 0.225. The molecule has 0 bridgehead atoms. The maximum Gasteiger partial charge on any atom is 0.214 e. The molecule has 3 heteroatoms. The van der Waals surface area contributed by atoms with Crippen molar-refractivity contribution in [1.29, 1.82) is 0 Å². The summed E-state index contributed by atoms with van der Waals surface area (Å²) in [6, 6.07) is 4.83. The van der Waals surface area contributed by atoms with Gasteiger partial charge in [-0.15, -0.1) is 0 Å². The fraction of sp³-hybridized carbons (Fsp3) is 0.643. The van der Waals surface area contributed by atoms with E-state index in [0.717, 1.165) is 6.54 Å². The largest absolute Gasteiger partial charge is 0.369 e. The quantitative estimate of drug-likeness (QED) is 0.567. The summed E-state index contributed by atoms with van der Waals surface area (Å²) in [5.74, 6) is 0.187. The van der Waals surface area contributed by atoms with Crippen LogP contribution in [0.5, 0.6) is 0 Å². The molecule has 1 aromatic rings. The topological polar surface area (TPSA) is 24.9 Å². The highest BCUT2D eigenvalue weighted by molar-refractivity contribution is 5.33. The Morgan fingerprint density at radius 2 is 2.06 bits per heavy atom. The Balaban J connectivity index is 2.38. The van der Waals surface area contributed by atoms with Gasteiger partial charge in [-0.3, -0.25) is 0 Å². The summed E-state index contributed by atoms with van der Waals surface area (Å²) >= 11 is 0. The molecule has 0 aliphatic carbocycles. The van der Waals surface area contributed by atoms with Crippen LogP contribution >= 0.6 is 0 Å². The van der Waals surface area contributed by atoms with Crippen LogP contribution in [0.2, 0.25) is 0 Å². The third-order valence-electron chi connectivity index (χ3n) is 2.92. The van der Waals surface area contributed by atoms with Crippen LogP contribution in [0.3, 0.4) is 0 Å². The van der Waals surface area contributed by atoms with Crippen LogP contribution in [0, 0.1) is 11.4 Å². The Morgan fingerprint density at radius 3 is 2.71 bits per heavy atom. The van der Waals surface area contributed by atoms with Crippen molar-refractivity contribution in [1.82, 2.24) is 4.98 Å². The molecule has 17 heavy (non-hydrogen) atoms. The Morgan fingerprint density at radius 1 is 1.29 bits per heavy atom. The third-order valence-corrected chi connectivity index (χ3v) is 2.92. The number of pyridine rings is 1. The van der Waals surface area contributed by atoms with Gasteiger partial charge in [0.1, 0.15) is 5.82 Å². The van der Waals surface area contributed by atoms with Crippen molar-refractivity contribution < 1.29 is 4.39 Å². The molecule has 0 unspecified atom stereocenters. The Kier molecular flexibility index (Phi) is 5.39. The maximum atomic E-state index is 12.9. The molecule has 0 spiro atoms. The van der Waals surface area contributed by atoms with Crippen molar-refractivity contribution in [2.45, 2.75) is 46.5 Å². The molecular formula is C14H23FN2. The Labute approximate surface area is 104 Å². The van der Waals surface area contributed by atoms with Crippen LogP contribution < -0.4 is 5.32 Å². The zero-order valence-electron chi connectivity index (χ0n) is 11.1. The van der Waals surface area contributed by atoms with Crippen molar-refractivity contribution in [2.75, 3.05) is 11.9 Å². The second-order valence-corrected chi connectivity index (χ2v) is 5.32. The van der Waals surface area contributed by atoms with E-state index in [-0.39, 0.29) is 5.41 Å². The number of hydrogen-bond donors (Lipinski definition) is 1. The van der Waals surface area contributed by atoms with Gasteiger partial charge in [0.25, 0.3) is 0 Å². The van der Waals surface area contributed by atoms with Gasteiger partial charge in [0.15, 0.2) is 0 Å². The number of anilines is 1. The minimum atomic E-state index is -0.432. The first-order valence-electron chi connectivity index (χ1n) is 6.40. The summed E-state index contributed by atoms with van der Waals surface area (Å²) in [5.41, 5.74) is 0.225. The van der Waals surface area contributed by atoms with E-state index in [1.807, 2.05) is 0 Å². The highest BCUT2D eigenvalue weighted by atomic mass is 19.1. The van der Waals surface area contributed by atoms with E-state index in [9.17, 15) is 4.39 Å². The minimum Gasteiger partial charge on any atom is -0.369 e. The molecule has 0 aliphatic rings. The predicted molar refractivity (Wildman–Crippen MR) is 70.6 cm³/mol. The number of halogens is 1. The lowest BCUT2D eigenvalue weighted by molar-refractivity contribution is 0.342. The first kappa shape index (κ1) is 13.9. The van der Waals surface area contributed by atoms with Crippen LogP contribution in [0.15, 0.2) is 18.2 Å². The Bertz CT molecular complexity index is 337. The van der Waals surface area contributed by atoms with Crippen LogP contribution in [0.25, 0.3) is 0 Å². The second kappa shape index (κ2) is 6.58. The molecule has 1 aromatic heterocycles. The highest BCUT2D eigenvalue weighted by Crippen LogP contribution is 2.24. The van der Waals surface area contributed by atoms with Crippen LogP contribution in [-0.4, -0.2) is 11.5 Å². The maximum absolute atomic E-state index is 12.9. The summed E-state index contributed by atoms with van der Waals surface area (Å²) in [5, 5.41) is 3.20. The van der Waals surface area contributed by atoms with Crippen LogP contribution in [0.4, 0.5) is 10.2 Å². The van der Waals surface area contributed by atoms with E-state index in [1.54, 1.807) is 12.1 Å². The highest BCUT2D eigenvalue weighted by Gasteiger charge is 2.17. The molecule has 0 saturated carbocycles. The molecule has 0 radical (unpaired) electrons. The molecule has 1 N–H and O–H groups in total. The number of hydrogen-bond acceptors (Lipinski definition) is 2. The van der Waals surface area contributed by atoms with Crippen molar-refractivity contribution in [2.24, 2.45) is 5.41 Å². The first-order valence-corrected chi connectivity index (χ1v) is 6.40. The van der Waals surface area contributed by atoms with Gasteiger partial charge >= 0.3 is 0 Å². The van der Waals surface area contributed by atoms with Gasteiger partial charge in [-0.1, -0.05) is 46.1 Å². The van der Waals surface area contributed by atoms with Crippen molar-refractivity contribution in [3.8, 4) is 0 Å². The molecule has 1 rings (SSSR count). The third kappa shape index (κ3) is 5.66. The molecule has 0 aromatic carbocycles. The molecule has 0 aliphatic heterocycles. The van der Waals surface area contributed by atoms with Gasteiger partial charge in [-0.05, 0) is 24.0 Å². The van der Waals surface area contributed by atoms with E-state index in [1.165, 1.54) is 31.7 Å². The van der Waals surface area contributed by atoms with E-state index in [2.05, 4.69) is 31.1 Å². The summed E-state index contributed by atoms with van der Waals surface area (Å²) in [7, 11) is 0. The zero-order chi connectivity index (χ0) is 12.7. The Hall–Kier alpha value is -1.12. The molecule has 0 fully saturated rings. The fourth-order valence-corrected chi connectivity index (χ4v) is 1.78. The van der Waals surface area contributed by atoms with Crippen molar-refractivity contribution >= 4 is 5.82 Å². The SMILES string of the molecule is CCCCCC(C)(C)CNc1cccc(F)n1. The second-order valence-electron chi connectivity index (χ2n) is 5.32. The molecule has 1 heterocycles. The lowest BCUT2D eigenvalue weighted by atomic mass is 9.87. The molecule has 96 valence electrons. The van der Waals surface area contributed by atoms with Gasteiger partial charge in [-0.25, -0.2) is 4.98 Å². The average Bonchev–Trinajstić information content (AvgIpc) is 2.27. The number of unbranched alkanes of at least 4 members (excludes halogenated alkanes) is 2. The van der Waals surface area contributed by atoms with E-state index >= 15 is 0 Å². The van der Waals surface area contributed by atoms with Gasteiger partial charge in [0.2, 0.25) is 5.95 Å². The fourth-order valence-electron chi connectivity index (χ4n) is 1.78. The summed E-state index contributed by atoms with van der Waals surface area (Å²) in [6.45, 7) is 7.50.